The van der Waals surface area contributed by atoms with Crippen LogP contribution < -0.4 is 0 Å². The third kappa shape index (κ3) is 3.17. The second-order valence-corrected chi connectivity index (χ2v) is 8.51. The lowest BCUT2D eigenvalue weighted by atomic mass is 9.90. The number of hydrogen-bond acceptors (Lipinski definition) is 4. The largest absolute Gasteiger partial charge is 0.481 e. The molecule has 20 heavy (non-hydrogen) atoms. The Balaban J connectivity index is 2.35. The van der Waals surface area contributed by atoms with E-state index in [0.717, 1.165) is 45.2 Å². The van der Waals surface area contributed by atoms with Crippen molar-refractivity contribution in [2.75, 3.05) is 19.3 Å². The highest BCUT2D eigenvalue weighted by Crippen LogP contribution is 2.43. The Morgan fingerprint density at radius 3 is 2.30 bits per heavy atom. The molecular weight excluding hydrogens is 278 g/mol. The van der Waals surface area contributed by atoms with Gasteiger partial charge in [-0.3, -0.25) is 9.69 Å². The smallest absolute Gasteiger partial charge is 0.305 e. The van der Waals surface area contributed by atoms with Crippen LogP contribution in [0.15, 0.2) is 0 Å². The third-order valence-electron chi connectivity index (χ3n) is 4.89. The molecule has 0 aromatic heterocycles. The topological polar surface area (TPSA) is 74.7 Å². The number of carboxylic acid groups (broad SMARTS) is 1. The summed E-state index contributed by atoms with van der Waals surface area (Å²) >= 11 is 0. The number of rotatable bonds is 4. The van der Waals surface area contributed by atoms with E-state index in [1.54, 1.807) is 0 Å². The third-order valence-corrected chi connectivity index (χ3v) is 6.59. The van der Waals surface area contributed by atoms with Crippen LogP contribution in [-0.2, 0) is 14.6 Å². The molecule has 1 saturated carbocycles. The Hall–Kier alpha value is -0.620. The normalized spacial score (nSPS) is 33.0. The molecule has 0 radical (unpaired) electrons. The highest BCUT2D eigenvalue weighted by Gasteiger charge is 2.52. The number of nitrogens with zero attached hydrogens (tertiary/aromatic N) is 1. The van der Waals surface area contributed by atoms with E-state index >= 15 is 0 Å². The van der Waals surface area contributed by atoms with Gasteiger partial charge >= 0.3 is 5.97 Å². The van der Waals surface area contributed by atoms with Gasteiger partial charge in [-0.05, 0) is 38.8 Å². The highest BCUT2D eigenvalue weighted by atomic mass is 32.2. The van der Waals surface area contributed by atoms with E-state index in [9.17, 15) is 18.3 Å². The van der Waals surface area contributed by atoms with Crippen LogP contribution in [0.1, 0.15) is 51.4 Å². The predicted molar refractivity (Wildman–Crippen MR) is 77.5 cm³/mol. The molecule has 0 spiro atoms. The second kappa shape index (κ2) is 6.02. The Bertz CT molecular complexity index is 454. The molecule has 0 aromatic rings. The molecule has 1 saturated heterocycles. The summed E-state index contributed by atoms with van der Waals surface area (Å²) < 4.78 is 24.3. The predicted octanol–water partition coefficient (Wildman–Crippen LogP) is 1.67. The van der Waals surface area contributed by atoms with E-state index in [1.807, 2.05) is 0 Å². The first kappa shape index (κ1) is 15.8. The summed E-state index contributed by atoms with van der Waals surface area (Å²) in [4.78, 5) is 13.5. The van der Waals surface area contributed by atoms with Gasteiger partial charge in [0.25, 0.3) is 0 Å². The number of aliphatic carboxylic acids is 1. The van der Waals surface area contributed by atoms with Crippen molar-refractivity contribution in [3.05, 3.63) is 0 Å². The van der Waals surface area contributed by atoms with E-state index in [4.69, 9.17) is 0 Å². The Labute approximate surface area is 121 Å². The van der Waals surface area contributed by atoms with Crippen LogP contribution in [0.4, 0.5) is 0 Å². The molecule has 1 heterocycles. The van der Waals surface area contributed by atoms with Crippen LogP contribution in [0.3, 0.4) is 0 Å². The fourth-order valence-corrected chi connectivity index (χ4v) is 5.83. The first-order chi connectivity index (χ1) is 9.36. The zero-order chi connectivity index (χ0) is 14.8. The molecule has 0 bridgehead atoms. The molecule has 6 heteroatoms. The molecule has 5 nitrogen and oxygen atoms in total. The van der Waals surface area contributed by atoms with Crippen molar-refractivity contribution < 1.29 is 18.3 Å². The minimum Gasteiger partial charge on any atom is -0.481 e. The van der Waals surface area contributed by atoms with Gasteiger partial charge in [-0.15, -0.1) is 0 Å². The van der Waals surface area contributed by atoms with Gasteiger partial charge in [0.05, 0.1) is 11.7 Å². The van der Waals surface area contributed by atoms with Gasteiger partial charge in [-0.2, -0.15) is 0 Å². The lowest BCUT2D eigenvalue weighted by Crippen LogP contribution is -2.57. The average Bonchev–Trinajstić information content (AvgIpc) is 2.59. The van der Waals surface area contributed by atoms with Crippen molar-refractivity contribution in [1.29, 1.82) is 0 Å². The Kier molecular flexibility index (Phi) is 4.74. The van der Waals surface area contributed by atoms with Crippen molar-refractivity contribution in [1.82, 2.24) is 4.90 Å². The van der Waals surface area contributed by atoms with E-state index in [-0.39, 0.29) is 6.42 Å². The van der Waals surface area contributed by atoms with Crippen molar-refractivity contribution in [3.8, 4) is 0 Å². The summed E-state index contributed by atoms with van der Waals surface area (Å²) in [5.41, 5.74) is -0.677. The molecule has 1 aliphatic heterocycles. The SMILES string of the molecule is CS(=O)(=O)C1CCCC1(CC(=O)O)N1CCCCCC1. The van der Waals surface area contributed by atoms with Crippen molar-refractivity contribution in [2.45, 2.75) is 62.2 Å². The minimum absolute atomic E-state index is 0.0509. The molecule has 2 unspecified atom stereocenters. The van der Waals surface area contributed by atoms with Gasteiger partial charge in [-0.25, -0.2) is 8.42 Å². The van der Waals surface area contributed by atoms with Crippen molar-refractivity contribution in [2.24, 2.45) is 0 Å². The summed E-state index contributed by atoms with van der Waals surface area (Å²) in [6.07, 6.45) is 7.70. The quantitative estimate of drug-likeness (QED) is 0.855. The van der Waals surface area contributed by atoms with Gasteiger partial charge in [-0.1, -0.05) is 19.3 Å². The van der Waals surface area contributed by atoms with Gasteiger partial charge in [0, 0.05) is 11.8 Å². The highest BCUT2D eigenvalue weighted by molar-refractivity contribution is 7.91. The molecule has 0 aromatic carbocycles. The fourth-order valence-electron chi connectivity index (χ4n) is 4.09. The van der Waals surface area contributed by atoms with Crippen LogP contribution in [0.2, 0.25) is 0 Å². The molecule has 2 rings (SSSR count). The van der Waals surface area contributed by atoms with Gasteiger partial charge in [0.2, 0.25) is 0 Å². The summed E-state index contributed by atoms with van der Waals surface area (Å²) in [6.45, 7) is 1.67. The molecule has 116 valence electrons. The number of carbonyl (C=O) groups is 1. The van der Waals surface area contributed by atoms with Crippen LogP contribution in [0, 0.1) is 0 Å². The van der Waals surface area contributed by atoms with Gasteiger partial charge < -0.3 is 5.11 Å². The summed E-state index contributed by atoms with van der Waals surface area (Å²) in [5.74, 6) is -0.884. The minimum atomic E-state index is -3.22. The van der Waals surface area contributed by atoms with E-state index in [1.165, 1.54) is 6.26 Å². The zero-order valence-corrected chi connectivity index (χ0v) is 13.0. The summed E-state index contributed by atoms with van der Waals surface area (Å²) in [6, 6.07) is 0. The van der Waals surface area contributed by atoms with Crippen LogP contribution in [0.5, 0.6) is 0 Å². The molecular formula is C14H25NO4S. The first-order valence-corrected chi connectivity index (χ1v) is 9.47. The fraction of sp³-hybridized carbons (Fsp3) is 0.929. The van der Waals surface area contributed by atoms with Crippen molar-refractivity contribution >= 4 is 15.8 Å². The molecule has 2 fully saturated rings. The molecule has 0 amide bonds. The Morgan fingerprint density at radius 1 is 1.20 bits per heavy atom. The average molecular weight is 303 g/mol. The van der Waals surface area contributed by atoms with Crippen LogP contribution in [0.25, 0.3) is 0 Å². The van der Waals surface area contributed by atoms with Gasteiger partial charge in [0.1, 0.15) is 0 Å². The second-order valence-electron chi connectivity index (χ2n) is 6.29. The van der Waals surface area contributed by atoms with Crippen molar-refractivity contribution in [3.63, 3.8) is 0 Å². The zero-order valence-electron chi connectivity index (χ0n) is 12.2. The van der Waals surface area contributed by atoms with Crippen LogP contribution in [-0.4, -0.2) is 54.5 Å². The number of likely N-dealkylation sites (tertiary alicyclic amines) is 1. The van der Waals surface area contributed by atoms with Gasteiger partial charge in [0.15, 0.2) is 9.84 Å². The van der Waals surface area contributed by atoms with E-state index in [0.29, 0.717) is 12.8 Å². The summed E-state index contributed by atoms with van der Waals surface area (Å²) in [5, 5.41) is 8.78. The number of hydrogen-bond donors (Lipinski definition) is 1. The lowest BCUT2D eigenvalue weighted by molar-refractivity contribution is -0.140. The summed E-state index contributed by atoms with van der Waals surface area (Å²) in [7, 11) is -3.22. The standard InChI is InChI=1S/C14H25NO4S/c1-20(18,19)12-7-6-8-14(12,11-13(16)17)15-9-4-2-3-5-10-15/h12H,2-11H2,1H3,(H,16,17). The number of carboxylic acids is 1. The maximum absolute atomic E-state index is 12.1. The maximum Gasteiger partial charge on any atom is 0.305 e. The lowest BCUT2D eigenvalue weighted by Gasteiger charge is -2.43. The number of sulfone groups is 1. The molecule has 1 aliphatic carbocycles. The first-order valence-electron chi connectivity index (χ1n) is 7.52. The molecule has 1 N–H and O–H groups in total. The monoisotopic (exact) mass is 303 g/mol. The maximum atomic E-state index is 12.1. The van der Waals surface area contributed by atoms with Crippen LogP contribution >= 0.6 is 0 Å². The molecule has 2 aliphatic rings. The Morgan fingerprint density at radius 2 is 1.80 bits per heavy atom. The van der Waals surface area contributed by atoms with E-state index in [2.05, 4.69) is 4.90 Å². The molecule has 2 atom stereocenters. The van der Waals surface area contributed by atoms with E-state index < -0.39 is 26.6 Å².